The number of nitrogens with one attached hydrogen (secondary N) is 1. The number of hydrogen-bond acceptors (Lipinski definition) is 4. The molecule has 158 valence electrons. The molecule has 0 spiro atoms. The van der Waals surface area contributed by atoms with Crippen LogP contribution in [0.25, 0.3) is 11.0 Å². The Morgan fingerprint density at radius 2 is 1.70 bits per heavy atom. The lowest BCUT2D eigenvalue weighted by molar-refractivity contribution is -0.671. The van der Waals surface area contributed by atoms with Crippen LogP contribution in [-0.4, -0.2) is 29.3 Å². The van der Waals surface area contributed by atoms with Crippen LogP contribution < -0.4 is 9.88 Å². The van der Waals surface area contributed by atoms with E-state index < -0.39 is 11.7 Å². The quantitative estimate of drug-likeness (QED) is 0.500. The molecule has 1 N–H and O–H groups in total. The third-order valence-electron chi connectivity index (χ3n) is 4.57. The number of carbonyl (C=O) groups is 2. The Morgan fingerprint density at radius 1 is 1.03 bits per heavy atom. The van der Waals surface area contributed by atoms with E-state index in [2.05, 4.69) is 9.88 Å². The molecule has 1 heterocycles. The van der Waals surface area contributed by atoms with Crippen molar-refractivity contribution in [2.45, 2.75) is 46.0 Å². The van der Waals surface area contributed by atoms with Gasteiger partial charge < -0.3 is 14.8 Å². The first-order chi connectivity index (χ1) is 14.3. The van der Waals surface area contributed by atoms with Gasteiger partial charge in [-0.05, 0) is 38.5 Å². The Hall–Kier alpha value is -3.35. The van der Waals surface area contributed by atoms with Crippen LogP contribution in [0.3, 0.4) is 0 Å². The number of ether oxygens (including phenoxy) is 2. The second-order valence-corrected chi connectivity index (χ2v) is 7.99. The molecule has 0 bridgehead atoms. The third-order valence-corrected chi connectivity index (χ3v) is 4.57. The molecule has 0 fully saturated rings. The normalized spacial score (nSPS) is 11.3. The standard InChI is InChI=1S/C23H27N3O4/c1-23(2,3)30-22(28)24-14-20-25(15-17-10-6-5-7-11-17)18-12-8-9-13-19(18)26(20)16-21(27)29-4/h5-13H,14-16H2,1-4H3/p+1. The smallest absolute Gasteiger partial charge is 0.408 e. The zero-order valence-corrected chi connectivity index (χ0v) is 17.8. The second-order valence-electron chi connectivity index (χ2n) is 7.99. The van der Waals surface area contributed by atoms with Crippen molar-refractivity contribution in [1.29, 1.82) is 0 Å². The number of rotatable bonds is 6. The summed E-state index contributed by atoms with van der Waals surface area (Å²) < 4.78 is 14.2. The molecule has 3 rings (SSSR count). The first kappa shape index (κ1) is 21.4. The van der Waals surface area contributed by atoms with Crippen LogP contribution in [0.4, 0.5) is 4.79 Å². The van der Waals surface area contributed by atoms with Crippen LogP contribution >= 0.6 is 0 Å². The average molecular weight is 410 g/mol. The summed E-state index contributed by atoms with van der Waals surface area (Å²) in [5.74, 6) is 0.414. The fourth-order valence-electron chi connectivity index (χ4n) is 3.31. The van der Waals surface area contributed by atoms with Crippen LogP contribution in [0.5, 0.6) is 0 Å². The largest absolute Gasteiger partial charge is 0.466 e. The van der Waals surface area contributed by atoms with E-state index in [4.69, 9.17) is 9.47 Å². The summed E-state index contributed by atoms with van der Waals surface area (Å²) in [7, 11) is 1.37. The monoisotopic (exact) mass is 410 g/mol. The van der Waals surface area contributed by atoms with Crippen molar-refractivity contribution in [3.63, 3.8) is 0 Å². The third kappa shape index (κ3) is 5.17. The van der Waals surface area contributed by atoms with Crippen LogP contribution in [0.2, 0.25) is 0 Å². The van der Waals surface area contributed by atoms with Crippen molar-refractivity contribution in [3.05, 3.63) is 66.0 Å². The van der Waals surface area contributed by atoms with E-state index in [9.17, 15) is 9.59 Å². The number of alkyl carbamates (subject to hydrolysis) is 1. The number of carbonyl (C=O) groups excluding carboxylic acids is 2. The van der Waals surface area contributed by atoms with Gasteiger partial charge in [0.1, 0.15) is 18.7 Å². The van der Waals surface area contributed by atoms with Gasteiger partial charge in [0.05, 0.1) is 7.11 Å². The lowest BCUT2D eigenvalue weighted by Gasteiger charge is -2.19. The molecule has 0 saturated heterocycles. The van der Waals surface area contributed by atoms with E-state index in [1.165, 1.54) is 7.11 Å². The molecule has 1 aromatic heterocycles. The zero-order valence-electron chi connectivity index (χ0n) is 17.8. The Morgan fingerprint density at radius 3 is 2.37 bits per heavy atom. The number of para-hydroxylation sites is 2. The molecule has 7 heteroatoms. The SMILES string of the molecule is COC(=O)Cn1c(CNC(=O)OC(C)(C)C)[n+](Cc2ccccc2)c2ccccc21. The van der Waals surface area contributed by atoms with Crippen LogP contribution in [0.15, 0.2) is 54.6 Å². The summed E-state index contributed by atoms with van der Waals surface area (Å²) in [5, 5.41) is 2.82. The highest BCUT2D eigenvalue weighted by atomic mass is 16.6. The Kier molecular flexibility index (Phi) is 6.40. The minimum atomic E-state index is -0.594. The molecule has 0 atom stereocenters. The van der Waals surface area contributed by atoms with E-state index in [0.717, 1.165) is 22.4 Å². The minimum absolute atomic E-state index is 0.0458. The Bertz CT molecular complexity index is 1040. The molecular weight excluding hydrogens is 382 g/mol. The summed E-state index contributed by atoms with van der Waals surface area (Å²) in [6.07, 6.45) is -0.511. The Balaban J connectivity index is 2.03. The molecule has 3 aromatic rings. The Labute approximate surface area is 176 Å². The maximum atomic E-state index is 12.3. The van der Waals surface area contributed by atoms with Crippen LogP contribution in [0, 0.1) is 0 Å². The summed E-state index contributed by atoms with van der Waals surface area (Å²) >= 11 is 0. The van der Waals surface area contributed by atoms with Gasteiger partial charge in [-0.3, -0.25) is 0 Å². The summed E-state index contributed by atoms with van der Waals surface area (Å²) in [6, 6.07) is 17.9. The van der Waals surface area contributed by atoms with Gasteiger partial charge in [-0.2, -0.15) is 0 Å². The van der Waals surface area contributed by atoms with E-state index >= 15 is 0 Å². The minimum Gasteiger partial charge on any atom is -0.466 e. The van der Waals surface area contributed by atoms with Crippen molar-refractivity contribution in [2.24, 2.45) is 0 Å². The highest BCUT2D eigenvalue weighted by molar-refractivity contribution is 5.76. The van der Waals surface area contributed by atoms with Crippen molar-refractivity contribution in [1.82, 2.24) is 9.88 Å². The summed E-state index contributed by atoms with van der Waals surface area (Å²) in [4.78, 5) is 24.4. The molecule has 0 saturated carbocycles. The first-order valence-electron chi connectivity index (χ1n) is 9.86. The van der Waals surface area contributed by atoms with Gasteiger partial charge in [0.25, 0.3) is 5.82 Å². The molecule has 2 aromatic carbocycles. The number of fused-ring (bicyclic) bond motifs is 1. The zero-order chi connectivity index (χ0) is 21.7. The van der Waals surface area contributed by atoms with Crippen molar-refractivity contribution in [3.8, 4) is 0 Å². The highest BCUT2D eigenvalue weighted by Gasteiger charge is 2.28. The van der Waals surface area contributed by atoms with E-state index in [1.54, 1.807) is 0 Å². The summed E-state index contributed by atoms with van der Waals surface area (Å²) in [6.45, 7) is 6.29. The number of esters is 1. The lowest BCUT2D eigenvalue weighted by Crippen LogP contribution is -2.42. The molecule has 0 aliphatic rings. The number of nitrogens with zero attached hydrogens (tertiary/aromatic N) is 2. The predicted octanol–water partition coefficient (Wildman–Crippen LogP) is 3.17. The van der Waals surface area contributed by atoms with E-state index in [0.29, 0.717) is 6.54 Å². The molecule has 7 nitrogen and oxygen atoms in total. The van der Waals surface area contributed by atoms with Crippen molar-refractivity contribution in [2.75, 3.05) is 7.11 Å². The molecular formula is C23H28N3O4+. The van der Waals surface area contributed by atoms with Crippen LogP contribution in [-0.2, 0) is 33.9 Å². The average Bonchev–Trinajstić information content (AvgIpc) is 2.98. The predicted molar refractivity (Wildman–Crippen MR) is 113 cm³/mol. The number of amides is 1. The molecule has 30 heavy (non-hydrogen) atoms. The fourth-order valence-corrected chi connectivity index (χ4v) is 3.31. The number of aromatic nitrogens is 2. The van der Waals surface area contributed by atoms with Crippen molar-refractivity contribution >= 4 is 23.1 Å². The maximum Gasteiger partial charge on any atom is 0.408 e. The number of methoxy groups -OCH3 is 1. The van der Waals surface area contributed by atoms with Gasteiger partial charge in [0, 0.05) is 0 Å². The molecule has 0 aliphatic carbocycles. The van der Waals surface area contributed by atoms with Gasteiger partial charge in [0.2, 0.25) is 0 Å². The number of imidazole rings is 1. The van der Waals surface area contributed by atoms with Gasteiger partial charge in [0.15, 0.2) is 17.6 Å². The first-order valence-corrected chi connectivity index (χ1v) is 9.86. The van der Waals surface area contributed by atoms with Gasteiger partial charge >= 0.3 is 12.1 Å². The summed E-state index contributed by atoms with van der Waals surface area (Å²) in [5.41, 5.74) is 2.37. The number of benzene rings is 2. The second kappa shape index (κ2) is 8.98. The van der Waals surface area contributed by atoms with Crippen molar-refractivity contribution < 1.29 is 23.6 Å². The van der Waals surface area contributed by atoms with E-state index in [-0.39, 0.29) is 19.1 Å². The maximum absolute atomic E-state index is 12.3. The van der Waals surface area contributed by atoms with Gasteiger partial charge in [-0.25, -0.2) is 18.7 Å². The van der Waals surface area contributed by atoms with Crippen LogP contribution in [0.1, 0.15) is 32.2 Å². The topological polar surface area (TPSA) is 73.4 Å². The molecule has 1 amide bonds. The lowest BCUT2D eigenvalue weighted by atomic mass is 10.2. The molecule has 0 aliphatic heterocycles. The number of hydrogen-bond donors (Lipinski definition) is 1. The fraction of sp³-hybridized carbons (Fsp3) is 0.348. The van der Waals surface area contributed by atoms with Gasteiger partial charge in [-0.15, -0.1) is 0 Å². The molecule has 0 unspecified atom stereocenters. The van der Waals surface area contributed by atoms with E-state index in [1.807, 2.05) is 79.9 Å². The van der Waals surface area contributed by atoms with Gasteiger partial charge in [-0.1, -0.05) is 42.5 Å². The molecule has 0 radical (unpaired) electrons. The highest BCUT2D eigenvalue weighted by Crippen LogP contribution is 2.16.